The van der Waals surface area contributed by atoms with E-state index in [1.807, 2.05) is 16.9 Å². The molecule has 2 rings (SSSR count). The molecule has 0 aliphatic rings. The van der Waals surface area contributed by atoms with Crippen molar-refractivity contribution >= 4 is 0 Å². The van der Waals surface area contributed by atoms with Crippen molar-refractivity contribution < 1.29 is 0 Å². The van der Waals surface area contributed by atoms with Crippen molar-refractivity contribution in [2.24, 2.45) is 5.73 Å². The van der Waals surface area contributed by atoms with Crippen molar-refractivity contribution in [1.82, 2.24) is 9.78 Å². The molecule has 0 saturated carbocycles. The van der Waals surface area contributed by atoms with Crippen LogP contribution in [0.2, 0.25) is 0 Å². The molecule has 18 heavy (non-hydrogen) atoms. The number of hydrogen-bond donors (Lipinski definition) is 1. The van der Waals surface area contributed by atoms with Crippen molar-refractivity contribution in [3.63, 3.8) is 0 Å². The molecule has 0 amide bonds. The Balaban J connectivity index is 1.98. The molecule has 1 aromatic heterocycles. The Kier molecular flexibility index (Phi) is 4.15. The highest BCUT2D eigenvalue weighted by atomic mass is 15.3. The molecule has 0 aliphatic carbocycles. The number of nitrogens with zero attached hydrogens (tertiary/aromatic N) is 2. The first-order chi connectivity index (χ1) is 8.70. The third-order valence-electron chi connectivity index (χ3n) is 3.26. The van der Waals surface area contributed by atoms with Crippen molar-refractivity contribution in [2.45, 2.75) is 39.3 Å². The molecule has 0 aliphatic heterocycles. The third-order valence-corrected chi connectivity index (χ3v) is 3.26. The lowest BCUT2D eigenvalue weighted by Gasteiger charge is -2.13. The Labute approximate surface area is 109 Å². The van der Waals surface area contributed by atoms with Gasteiger partial charge in [-0.2, -0.15) is 5.10 Å². The van der Waals surface area contributed by atoms with E-state index < -0.39 is 0 Å². The van der Waals surface area contributed by atoms with Gasteiger partial charge in [0.25, 0.3) is 0 Å². The molecule has 0 bridgehead atoms. The van der Waals surface area contributed by atoms with Gasteiger partial charge in [-0.05, 0) is 38.3 Å². The second-order valence-corrected chi connectivity index (χ2v) is 4.71. The molecular formula is C15H21N3. The summed E-state index contributed by atoms with van der Waals surface area (Å²) in [5.74, 6) is 0. The van der Waals surface area contributed by atoms with E-state index in [1.165, 1.54) is 11.1 Å². The minimum Gasteiger partial charge on any atom is -0.323 e. The van der Waals surface area contributed by atoms with Crippen molar-refractivity contribution in [1.29, 1.82) is 0 Å². The smallest absolute Gasteiger partial charge is 0.0551 e. The molecule has 2 aromatic rings. The summed E-state index contributed by atoms with van der Waals surface area (Å²) in [7, 11) is 0. The average Bonchev–Trinajstić information content (AvgIpc) is 2.84. The number of aromatic nitrogens is 2. The van der Waals surface area contributed by atoms with Crippen LogP contribution in [0.25, 0.3) is 0 Å². The lowest BCUT2D eigenvalue weighted by atomic mass is 10.0. The molecule has 0 fully saturated rings. The molecule has 2 N–H and O–H groups in total. The van der Waals surface area contributed by atoms with Crippen LogP contribution in [0.4, 0.5) is 0 Å². The molecule has 96 valence electrons. The summed E-state index contributed by atoms with van der Waals surface area (Å²) < 4.78 is 1.97. The lowest BCUT2D eigenvalue weighted by molar-refractivity contribution is 0.547. The van der Waals surface area contributed by atoms with Crippen molar-refractivity contribution in [3.8, 4) is 0 Å². The van der Waals surface area contributed by atoms with E-state index in [2.05, 4.69) is 43.2 Å². The van der Waals surface area contributed by atoms with Crippen LogP contribution in [-0.4, -0.2) is 9.78 Å². The topological polar surface area (TPSA) is 43.8 Å². The number of benzene rings is 1. The summed E-state index contributed by atoms with van der Waals surface area (Å²) in [5, 5.41) is 4.26. The summed E-state index contributed by atoms with van der Waals surface area (Å²) in [5.41, 5.74) is 10.0. The molecule has 0 spiro atoms. The maximum atomic E-state index is 6.24. The second kappa shape index (κ2) is 5.83. The molecule has 0 radical (unpaired) electrons. The summed E-state index contributed by atoms with van der Waals surface area (Å²) in [6.07, 6.45) is 3.79. The van der Waals surface area contributed by atoms with Crippen LogP contribution < -0.4 is 5.73 Å². The molecular weight excluding hydrogens is 222 g/mol. The van der Waals surface area contributed by atoms with Gasteiger partial charge in [0.2, 0.25) is 0 Å². The monoisotopic (exact) mass is 243 g/mol. The Morgan fingerprint density at radius 2 is 2.17 bits per heavy atom. The highest BCUT2D eigenvalue weighted by molar-refractivity contribution is 5.22. The van der Waals surface area contributed by atoms with Crippen molar-refractivity contribution in [3.05, 3.63) is 53.3 Å². The summed E-state index contributed by atoms with van der Waals surface area (Å²) in [6, 6.07) is 10.7. The van der Waals surface area contributed by atoms with E-state index in [0.29, 0.717) is 0 Å². The van der Waals surface area contributed by atoms with Crippen LogP contribution in [0, 0.1) is 6.92 Å². The Morgan fingerprint density at radius 3 is 2.89 bits per heavy atom. The molecule has 3 heteroatoms. The van der Waals surface area contributed by atoms with Crippen LogP contribution in [0.5, 0.6) is 0 Å². The first kappa shape index (κ1) is 12.8. The van der Waals surface area contributed by atoms with Crippen molar-refractivity contribution in [2.75, 3.05) is 0 Å². The van der Waals surface area contributed by atoms with Gasteiger partial charge in [0.1, 0.15) is 0 Å². The number of rotatable bonds is 5. The molecule has 1 aromatic carbocycles. The zero-order valence-electron chi connectivity index (χ0n) is 11.1. The zero-order chi connectivity index (χ0) is 13.0. The molecule has 1 heterocycles. The van der Waals surface area contributed by atoms with E-state index in [-0.39, 0.29) is 6.04 Å². The van der Waals surface area contributed by atoms with Gasteiger partial charge in [-0.1, -0.05) is 29.8 Å². The van der Waals surface area contributed by atoms with E-state index in [9.17, 15) is 0 Å². The lowest BCUT2D eigenvalue weighted by Crippen LogP contribution is -2.16. The largest absolute Gasteiger partial charge is 0.323 e. The Hall–Kier alpha value is -1.61. The van der Waals surface area contributed by atoms with Gasteiger partial charge in [-0.25, -0.2) is 0 Å². The first-order valence-electron chi connectivity index (χ1n) is 6.53. The Morgan fingerprint density at radius 1 is 1.33 bits per heavy atom. The van der Waals surface area contributed by atoms with Crippen LogP contribution in [-0.2, 0) is 13.0 Å². The van der Waals surface area contributed by atoms with E-state index in [0.717, 1.165) is 25.1 Å². The van der Waals surface area contributed by atoms with E-state index in [4.69, 9.17) is 5.73 Å². The molecule has 0 saturated heterocycles. The summed E-state index contributed by atoms with van der Waals surface area (Å²) in [4.78, 5) is 0. The fourth-order valence-corrected chi connectivity index (χ4v) is 2.26. The normalized spacial score (nSPS) is 12.6. The second-order valence-electron chi connectivity index (χ2n) is 4.71. The minimum absolute atomic E-state index is 0.0629. The first-order valence-corrected chi connectivity index (χ1v) is 6.53. The van der Waals surface area contributed by atoms with Gasteiger partial charge < -0.3 is 5.73 Å². The molecule has 1 unspecified atom stereocenters. The maximum Gasteiger partial charge on any atom is 0.0551 e. The predicted octanol–water partition coefficient (Wildman–Crippen LogP) is 2.84. The quantitative estimate of drug-likeness (QED) is 0.877. The maximum absolute atomic E-state index is 6.24. The standard InChI is InChI=1S/C15H21N3/c1-3-18-15(9-10-17-18)14(16)8-7-13-6-4-5-12(2)11-13/h4-6,9-11,14H,3,7-8,16H2,1-2H3. The van der Waals surface area contributed by atoms with Gasteiger partial charge in [0.15, 0.2) is 0 Å². The van der Waals surface area contributed by atoms with Gasteiger partial charge >= 0.3 is 0 Å². The molecule has 3 nitrogen and oxygen atoms in total. The van der Waals surface area contributed by atoms with Gasteiger partial charge in [-0.3, -0.25) is 4.68 Å². The Bertz CT molecular complexity index is 502. The van der Waals surface area contributed by atoms with Crippen LogP contribution in [0.3, 0.4) is 0 Å². The zero-order valence-corrected chi connectivity index (χ0v) is 11.1. The van der Waals surface area contributed by atoms with Crippen LogP contribution in [0.15, 0.2) is 36.5 Å². The highest BCUT2D eigenvalue weighted by Crippen LogP contribution is 2.17. The number of aryl methyl sites for hydroxylation is 3. The average molecular weight is 243 g/mol. The van der Waals surface area contributed by atoms with Gasteiger partial charge in [0, 0.05) is 18.8 Å². The number of hydrogen-bond acceptors (Lipinski definition) is 2. The summed E-state index contributed by atoms with van der Waals surface area (Å²) in [6.45, 7) is 5.08. The van der Waals surface area contributed by atoms with Crippen LogP contribution >= 0.6 is 0 Å². The third kappa shape index (κ3) is 2.99. The minimum atomic E-state index is 0.0629. The highest BCUT2D eigenvalue weighted by Gasteiger charge is 2.10. The fourth-order valence-electron chi connectivity index (χ4n) is 2.26. The van der Waals surface area contributed by atoms with E-state index in [1.54, 1.807) is 0 Å². The predicted molar refractivity (Wildman–Crippen MR) is 74.3 cm³/mol. The summed E-state index contributed by atoms with van der Waals surface area (Å²) >= 11 is 0. The van der Waals surface area contributed by atoms with Gasteiger partial charge in [0.05, 0.1) is 5.69 Å². The van der Waals surface area contributed by atoms with E-state index >= 15 is 0 Å². The molecule has 1 atom stereocenters. The SMILES string of the molecule is CCn1nccc1C(N)CCc1cccc(C)c1. The van der Waals surface area contributed by atoms with Crippen LogP contribution in [0.1, 0.15) is 36.2 Å². The fraction of sp³-hybridized carbons (Fsp3) is 0.400. The van der Waals surface area contributed by atoms with Gasteiger partial charge in [-0.15, -0.1) is 0 Å². The number of nitrogens with two attached hydrogens (primary N) is 1.